The number of nitrogens with zero attached hydrogens (tertiary/aromatic N) is 3. The van der Waals surface area contributed by atoms with E-state index in [4.69, 9.17) is 4.74 Å². The molecule has 122 valence electrons. The Hall–Kier alpha value is -2.00. The van der Waals surface area contributed by atoms with Gasteiger partial charge in [0.1, 0.15) is 6.10 Å². The molecule has 1 fully saturated rings. The number of aromatic nitrogens is 2. The van der Waals surface area contributed by atoms with E-state index in [1.165, 1.54) is 11.3 Å². The molecule has 1 unspecified atom stereocenters. The summed E-state index contributed by atoms with van der Waals surface area (Å²) in [5.74, 6) is -1.66. The van der Waals surface area contributed by atoms with Crippen molar-refractivity contribution in [2.24, 2.45) is 0 Å². The van der Waals surface area contributed by atoms with Crippen LogP contribution in [0.3, 0.4) is 0 Å². The molecular formula is C14H12F3N3O2S. The van der Waals surface area contributed by atoms with Crippen molar-refractivity contribution < 1.29 is 22.7 Å². The zero-order valence-electron chi connectivity index (χ0n) is 11.8. The van der Waals surface area contributed by atoms with Crippen molar-refractivity contribution in [2.45, 2.75) is 12.3 Å². The van der Waals surface area contributed by atoms with Crippen molar-refractivity contribution in [3.05, 3.63) is 46.2 Å². The molecule has 1 aliphatic rings. The molecule has 3 rings (SSSR count). The van der Waals surface area contributed by atoms with Gasteiger partial charge in [0, 0.05) is 23.8 Å². The van der Waals surface area contributed by atoms with Crippen LogP contribution in [0.15, 0.2) is 29.9 Å². The van der Waals surface area contributed by atoms with Crippen LogP contribution < -0.4 is 0 Å². The molecule has 9 heteroatoms. The van der Waals surface area contributed by atoms with Crippen molar-refractivity contribution in [2.75, 3.05) is 19.7 Å². The van der Waals surface area contributed by atoms with Crippen LogP contribution in [0.1, 0.15) is 27.2 Å². The Labute approximate surface area is 133 Å². The maximum atomic E-state index is 12.4. The Balaban J connectivity index is 1.72. The number of ether oxygens (including phenoxy) is 1. The zero-order chi connectivity index (χ0) is 16.4. The third-order valence-electron chi connectivity index (χ3n) is 3.37. The van der Waals surface area contributed by atoms with Gasteiger partial charge in [-0.05, 0) is 11.4 Å². The highest BCUT2D eigenvalue weighted by atomic mass is 32.1. The molecule has 0 aliphatic carbocycles. The first-order valence-corrected chi connectivity index (χ1v) is 7.66. The quantitative estimate of drug-likeness (QED) is 0.841. The number of halogens is 3. The first-order chi connectivity index (χ1) is 10.9. The zero-order valence-corrected chi connectivity index (χ0v) is 12.6. The van der Waals surface area contributed by atoms with Gasteiger partial charge in [-0.25, -0.2) is 9.97 Å². The van der Waals surface area contributed by atoms with Gasteiger partial charge in [-0.3, -0.25) is 4.79 Å². The highest BCUT2D eigenvalue weighted by Crippen LogP contribution is 2.27. The van der Waals surface area contributed by atoms with Crippen LogP contribution in [0, 0.1) is 0 Å². The number of alkyl halides is 3. The monoisotopic (exact) mass is 343 g/mol. The Morgan fingerprint density at radius 1 is 1.35 bits per heavy atom. The predicted molar refractivity (Wildman–Crippen MR) is 75.9 cm³/mol. The van der Waals surface area contributed by atoms with Gasteiger partial charge in [-0.1, -0.05) is 6.07 Å². The number of carbonyl (C=O) groups is 1. The second kappa shape index (κ2) is 6.25. The predicted octanol–water partition coefficient (Wildman–Crippen LogP) is 2.77. The van der Waals surface area contributed by atoms with Crippen molar-refractivity contribution in [3.8, 4) is 0 Å². The number of hydrogen-bond donors (Lipinski definition) is 0. The van der Waals surface area contributed by atoms with Crippen LogP contribution in [0.25, 0.3) is 0 Å². The van der Waals surface area contributed by atoms with Crippen molar-refractivity contribution >= 4 is 17.2 Å². The van der Waals surface area contributed by atoms with E-state index < -0.39 is 17.9 Å². The maximum absolute atomic E-state index is 12.4. The van der Waals surface area contributed by atoms with Gasteiger partial charge in [0.2, 0.25) is 5.82 Å². The van der Waals surface area contributed by atoms with Crippen LogP contribution in [0.5, 0.6) is 0 Å². The average Bonchev–Trinajstić information content (AvgIpc) is 3.08. The Morgan fingerprint density at radius 2 is 2.09 bits per heavy atom. The summed E-state index contributed by atoms with van der Waals surface area (Å²) in [5.41, 5.74) is 0.0322. The van der Waals surface area contributed by atoms with Gasteiger partial charge in [-0.15, -0.1) is 11.3 Å². The Kier molecular flexibility index (Phi) is 4.31. The second-order valence-corrected chi connectivity index (χ2v) is 5.90. The Bertz CT molecular complexity index is 674. The highest BCUT2D eigenvalue weighted by molar-refractivity contribution is 7.10. The molecule has 0 N–H and O–H groups in total. The van der Waals surface area contributed by atoms with E-state index in [0.717, 1.165) is 17.3 Å². The lowest BCUT2D eigenvalue weighted by atomic mass is 10.2. The van der Waals surface area contributed by atoms with Gasteiger partial charge in [-0.2, -0.15) is 13.2 Å². The molecule has 1 aliphatic heterocycles. The summed E-state index contributed by atoms with van der Waals surface area (Å²) < 4.78 is 43.0. The fraction of sp³-hybridized carbons (Fsp3) is 0.357. The number of morpholine rings is 1. The molecule has 1 amide bonds. The number of rotatable bonds is 2. The van der Waals surface area contributed by atoms with Gasteiger partial charge in [0.15, 0.2) is 0 Å². The number of hydrogen-bond acceptors (Lipinski definition) is 5. The van der Waals surface area contributed by atoms with E-state index in [9.17, 15) is 18.0 Å². The van der Waals surface area contributed by atoms with Gasteiger partial charge >= 0.3 is 6.18 Å². The lowest BCUT2D eigenvalue weighted by Crippen LogP contribution is -2.42. The van der Waals surface area contributed by atoms with Crippen LogP contribution in [-0.2, 0) is 10.9 Å². The average molecular weight is 343 g/mol. The molecular weight excluding hydrogens is 331 g/mol. The van der Waals surface area contributed by atoms with Crippen LogP contribution in [0.4, 0.5) is 13.2 Å². The summed E-state index contributed by atoms with van der Waals surface area (Å²) in [6.45, 7) is 1.10. The van der Waals surface area contributed by atoms with Crippen molar-refractivity contribution in [1.29, 1.82) is 0 Å². The van der Waals surface area contributed by atoms with Gasteiger partial charge < -0.3 is 9.64 Å². The molecule has 2 aromatic rings. The normalized spacial score (nSPS) is 18.9. The molecule has 5 nitrogen and oxygen atoms in total. The molecule has 2 aromatic heterocycles. The summed E-state index contributed by atoms with van der Waals surface area (Å²) in [7, 11) is 0. The first-order valence-electron chi connectivity index (χ1n) is 6.78. The SMILES string of the molecule is O=C(c1cnc(C(F)(F)F)nc1)N1CCOC(c2cccs2)C1. The van der Waals surface area contributed by atoms with Crippen LogP contribution in [0.2, 0.25) is 0 Å². The second-order valence-electron chi connectivity index (χ2n) is 4.92. The molecule has 3 heterocycles. The molecule has 1 saturated heterocycles. The first kappa shape index (κ1) is 15.9. The molecule has 0 aromatic carbocycles. The molecule has 0 bridgehead atoms. The molecule has 0 saturated carbocycles. The fourth-order valence-corrected chi connectivity index (χ4v) is 3.01. The Morgan fingerprint density at radius 3 is 2.70 bits per heavy atom. The van der Waals surface area contributed by atoms with Gasteiger partial charge in [0.25, 0.3) is 5.91 Å². The summed E-state index contributed by atoms with van der Waals surface area (Å²) in [6, 6.07) is 3.82. The largest absolute Gasteiger partial charge is 0.451 e. The van der Waals surface area contributed by atoms with E-state index in [0.29, 0.717) is 19.7 Å². The third kappa shape index (κ3) is 3.50. The van der Waals surface area contributed by atoms with E-state index >= 15 is 0 Å². The molecule has 0 radical (unpaired) electrons. The third-order valence-corrected chi connectivity index (χ3v) is 4.33. The van der Waals surface area contributed by atoms with Crippen molar-refractivity contribution in [1.82, 2.24) is 14.9 Å². The molecule has 23 heavy (non-hydrogen) atoms. The number of thiophene rings is 1. The molecule has 1 atom stereocenters. The fourth-order valence-electron chi connectivity index (χ4n) is 2.25. The van der Waals surface area contributed by atoms with E-state index in [1.807, 2.05) is 17.5 Å². The minimum atomic E-state index is -4.62. The lowest BCUT2D eigenvalue weighted by Gasteiger charge is -2.32. The van der Waals surface area contributed by atoms with E-state index in [-0.39, 0.29) is 11.7 Å². The lowest BCUT2D eigenvalue weighted by molar-refractivity contribution is -0.145. The molecule has 0 spiro atoms. The summed E-state index contributed by atoms with van der Waals surface area (Å²) in [6.07, 6.45) is -3.02. The summed E-state index contributed by atoms with van der Waals surface area (Å²) in [4.78, 5) is 21.4. The van der Waals surface area contributed by atoms with Crippen LogP contribution >= 0.6 is 11.3 Å². The van der Waals surface area contributed by atoms with Gasteiger partial charge in [0.05, 0.1) is 18.7 Å². The summed E-state index contributed by atoms with van der Waals surface area (Å²) >= 11 is 1.53. The summed E-state index contributed by atoms with van der Waals surface area (Å²) in [5, 5.41) is 1.92. The van der Waals surface area contributed by atoms with Crippen LogP contribution in [-0.4, -0.2) is 40.5 Å². The minimum Gasteiger partial charge on any atom is -0.369 e. The topological polar surface area (TPSA) is 55.3 Å². The highest BCUT2D eigenvalue weighted by Gasteiger charge is 2.35. The maximum Gasteiger partial charge on any atom is 0.451 e. The number of carbonyl (C=O) groups excluding carboxylic acids is 1. The minimum absolute atomic E-state index is 0.0322. The number of amides is 1. The van der Waals surface area contributed by atoms with E-state index in [1.54, 1.807) is 4.90 Å². The smallest absolute Gasteiger partial charge is 0.369 e. The van der Waals surface area contributed by atoms with E-state index in [2.05, 4.69) is 9.97 Å². The standard InChI is InChI=1S/C14H12F3N3O2S/c15-14(16,17)13-18-6-9(7-19-13)12(21)20-3-4-22-10(8-20)11-2-1-5-23-11/h1-2,5-7,10H,3-4,8H2. The van der Waals surface area contributed by atoms with Crippen molar-refractivity contribution in [3.63, 3.8) is 0 Å².